The van der Waals surface area contributed by atoms with Crippen LogP contribution < -0.4 is 5.32 Å². The van der Waals surface area contributed by atoms with Crippen LogP contribution in [0.1, 0.15) is 19.3 Å². The maximum absolute atomic E-state index is 12.1. The Morgan fingerprint density at radius 2 is 2.05 bits per heavy atom. The van der Waals surface area contributed by atoms with Crippen LogP contribution >= 0.6 is 0 Å². The molecule has 0 aromatic rings. The lowest BCUT2D eigenvalue weighted by molar-refractivity contribution is -0.162. The Hall–Kier alpha value is -1.31. The van der Waals surface area contributed by atoms with Crippen LogP contribution in [-0.2, 0) is 9.59 Å². The van der Waals surface area contributed by atoms with E-state index in [-0.39, 0.29) is 19.0 Å². The molecule has 1 rings (SSSR count). The van der Waals surface area contributed by atoms with E-state index < -0.39 is 24.5 Å². The Morgan fingerprint density at radius 3 is 2.63 bits per heavy atom. The Morgan fingerprint density at radius 1 is 1.37 bits per heavy atom. The van der Waals surface area contributed by atoms with Crippen LogP contribution in [0.4, 0.5) is 13.2 Å². The molecule has 0 aliphatic carbocycles. The topological polar surface area (TPSA) is 69.6 Å². The van der Waals surface area contributed by atoms with Crippen molar-refractivity contribution in [3.63, 3.8) is 0 Å². The molecule has 0 saturated carbocycles. The molecule has 0 spiro atoms. The number of likely N-dealkylation sites (tertiary alicyclic amines) is 1. The number of alkyl halides is 3. The fourth-order valence-corrected chi connectivity index (χ4v) is 2.12. The molecule has 0 aromatic carbocycles. The van der Waals surface area contributed by atoms with Gasteiger partial charge >= 0.3 is 12.1 Å². The SMILES string of the molecule is O=C(O)CNCC1CCCN(C(=O)CC(F)(F)F)C1. The van der Waals surface area contributed by atoms with Crippen molar-refractivity contribution in [2.75, 3.05) is 26.2 Å². The quantitative estimate of drug-likeness (QED) is 0.784. The first-order chi connectivity index (χ1) is 8.78. The standard InChI is InChI=1S/C11H17F3N2O3/c12-11(13,14)4-9(17)16-3-1-2-8(7-16)5-15-6-10(18)19/h8,15H,1-7H2,(H,18,19). The number of carboxylic acids is 1. The van der Waals surface area contributed by atoms with Gasteiger partial charge in [0.05, 0.1) is 6.54 Å². The monoisotopic (exact) mass is 282 g/mol. The molecule has 5 nitrogen and oxygen atoms in total. The van der Waals surface area contributed by atoms with Gasteiger partial charge in [0, 0.05) is 19.6 Å². The number of nitrogens with one attached hydrogen (secondary N) is 1. The predicted octanol–water partition coefficient (Wildman–Crippen LogP) is 0.852. The molecule has 0 bridgehead atoms. The van der Waals surface area contributed by atoms with Crippen molar-refractivity contribution in [1.29, 1.82) is 0 Å². The summed E-state index contributed by atoms with van der Waals surface area (Å²) in [5.74, 6) is -1.89. The van der Waals surface area contributed by atoms with Gasteiger partial charge < -0.3 is 15.3 Å². The number of carboxylic acid groups (broad SMARTS) is 1. The Balaban J connectivity index is 2.37. The minimum Gasteiger partial charge on any atom is -0.480 e. The Kier molecular flexibility index (Phi) is 5.59. The van der Waals surface area contributed by atoms with E-state index >= 15 is 0 Å². The minimum atomic E-state index is -4.48. The maximum Gasteiger partial charge on any atom is 0.397 e. The zero-order chi connectivity index (χ0) is 14.5. The summed E-state index contributed by atoms with van der Waals surface area (Å²) in [7, 11) is 0. The predicted molar refractivity (Wildman–Crippen MR) is 60.5 cm³/mol. The Labute approximate surface area is 108 Å². The van der Waals surface area contributed by atoms with E-state index in [1.165, 1.54) is 4.90 Å². The second-order valence-electron chi connectivity index (χ2n) is 4.66. The van der Waals surface area contributed by atoms with Gasteiger partial charge in [0.15, 0.2) is 0 Å². The minimum absolute atomic E-state index is 0.00489. The van der Waals surface area contributed by atoms with Gasteiger partial charge in [-0.3, -0.25) is 9.59 Å². The third-order valence-electron chi connectivity index (χ3n) is 2.93. The molecule has 8 heteroatoms. The molecule has 1 unspecified atom stereocenters. The number of carbonyl (C=O) groups is 2. The first-order valence-electron chi connectivity index (χ1n) is 6.05. The molecule has 1 saturated heterocycles. The fraction of sp³-hybridized carbons (Fsp3) is 0.818. The van der Waals surface area contributed by atoms with Gasteiger partial charge in [0.25, 0.3) is 0 Å². The number of rotatable bonds is 5. The van der Waals surface area contributed by atoms with Crippen LogP contribution in [0.5, 0.6) is 0 Å². The number of amides is 1. The lowest BCUT2D eigenvalue weighted by atomic mass is 9.97. The summed E-state index contributed by atoms with van der Waals surface area (Å²) >= 11 is 0. The van der Waals surface area contributed by atoms with Crippen molar-refractivity contribution in [3.05, 3.63) is 0 Å². The zero-order valence-corrected chi connectivity index (χ0v) is 10.4. The molecule has 1 fully saturated rings. The molecule has 19 heavy (non-hydrogen) atoms. The van der Waals surface area contributed by atoms with Crippen molar-refractivity contribution >= 4 is 11.9 Å². The number of carbonyl (C=O) groups excluding carboxylic acids is 1. The lowest BCUT2D eigenvalue weighted by Gasteiger charge is -2.33. The van der Waals surface area contributed by atoms with Crippen LogP contribution in [-0.4, -0.2) is 54.2 Å². The molecule has 1 atom stereocenters. The van der Waals surface area contributed by atoms with E-state index in [1.54, 1.807) is 0 Å². The number of piperidine rings is 1. The maximum atomic E-state index is 12.1. The summed E-state index contributed by atoms with van der Waals surface area (Å²) in [4.78, 5) is 23.0. The van der Waals surface area contributed by atoms with Gasteiger partial charge in [0.2, 0.25) is 5.91 Å². The molecule has 1 aliphatic heterocycles. The van der Waals surface area contributed by atoms with Crippen LogP contribution in [0.3, 0.4) is 0 Å². The number of halogens is 3. The zero-order valence-electron chi connectivity index (χ0n) is 10.4. The van der Waals surface area contributed by atoms with Gasteiger partial charge in [0.1, 0.15) is 6.42 Å². The van der Waals surface area contributed by atoms with E-state index in [0.717, 1.165) is 6.42 Å². The number of aliphatic carboxylic acids is 1. The fourth-order valence-electron chi connectivity index (χ4n) is 2.12. The van der Waals surface area contributed by atoms with Crippen LogP contribution in [0.15, 0.2) is 0 Å². The molecular formula is C11H17F3N2O3. The molecule has 1 aliphatic rings. The first-order valence-corrected chi connectivity index (χ1v) is 6.05. The van der Waals surface area contributed by atoms with E-state index in [9.17, 15) is 22.8 Å². The normalized spacial score (nSPS) is 20.4. The van der Waals surface area contributed by atoms with E-state index in [0.29, 0.717) is 19.5 Å². The summed E-state index contributed by atoms with van der Waals surface area (Å²) in [6, 6.07) is 0. The summed E-state index contributed by atoms with van der Waals surface area (Å²) in [5.41, 5.74) is 0. The van der Waals surface area contributed by atoms with E-state index in [2.05, 4.69) is 5.32 Å². The van der Waals surface area contributed by atoms with Crippen molar-refractivity contribution in [2.24, 2.45) is 5.92 Å². The summed E-state index contributed by atoms with van der Waals surface area (Å²) < 4.78 is 36.4. The number of nitrogens with zero attached hydrogens (tertiary/aromatic N) is 1. The Bertz CT molecular complexity index is 334. The highest BCUT2D eigenvalue weighted by Gasteiger charge is 2.34. The van der Waals surface area contributed by atoms with E-state index in [1.807, 2.05) is 0 Å². The van der Waals surface area contributed by atoms with Crippen molar-refractivity contribution in [1.82, 2.24) is 10.2 Å². The molecule has 1 amide bonds. The van der Waals surface area contributed by atoms with Gasteiger partial charge in [-0.15, -0.1) is 0 Å². The molecule has 0 aromatic heterocycles. The largest absolute Gasteiger partial charge is 0.480 e. The summed E-state index contributed by atoms with van der Waals surface area (Å²) in [6.45, 7) is 0.793. The molecule has 1 heterocycles. The van der Waals surface area contributed by atoms with Gasteiger partial charge in [-0.25, -0.2) is 0 Å². The molecule has 0 radical (unpaired) electrons. The van der Waals surface area contributed by atoms with Crippen LogP contribution in [0.25, 0.3) is 0 Å². The highest BCUT2D eigenvalue weighted by atomic mass is 19.4. The van der Waals surface area contributed by atoms with Gasteiger partial charge in [-0.1, -0.05) is 0 Å². The lowest BCUT2D eigenvalue weighted by Crippen LogP contribution is -2.44. The van der Waals surface area contributed by atoms with Gasteiger partial charge in [-0.2, -0.15) is 13.2 Å². The smallest absolute Gasteiger partial charge is 0.397 e. The number of hydrogen-bond donors (Lipinski definition) is 2. The van der Waals surface area contributed by atoms with Crippen LogP contribution in [0, 0.1) is 5.92 Å². The molecule has 2 N–H and O–H groups in total. The average molecular weight is 282 g/mol. The van der Waals surface area contributed by atoms with Crippen molar-refractivity contribution in [2.45, 2.75) is 25.4 Å². The van der Waals surface area contributed by atoms with Crippen molar-refractivity contribution < 1.29 is 27.9 Å². The average Bonchev–Trinajstić information content (AvgIpc) is 2.26. The highest BCUT2D eigenvalue weighted by Crippen LogP contribution is 2.23. The summed E-state index contributed by atoms with van der Waals surface area (Å²) in [6.07, 6.45) is -4.49. The van der Waals surface area contributed by atoms with Gasteiger partial charge in [-0.05, 0) is 18.8 Å². The second-order valence-corrected chi connectivity index (χ2v) is 4.66. The molecule has 110 valence electrons. The third kappa shape index (κ3) is 6.42. The first kappa shape index (κ1) is 15.7. The molecular weight excluding hydrogens is 265 g/mol. The van der Waals surface area contributed by atoms with Crippen LogP contribution in [0.2, 0.25) is 0 Å². The highest BCUT2D eigenvalue weighted by molar-refractivity contribution is 5.77. The summed E-state index contributed by atoms with van der Waals surface area (Å²) in [5, 5.41) is 11.2. The number of hydrogen-bond acceptors (Lipinski definition) is 3. The van der Waals surface area contributed by atoms with Crippen molar-refractivity contribution in [3.8, 4) is 0 Å². The van der Waals surface area contributed by atoms with E-state index in [4.69, 9.17) is 5.11 Å². The second kappa shape index (κ2) is 6.74. The third-order valence-corrected chi connectivity index (χ3v) is 2.93.